The first-order valence-electron chi connectivity index (χ1n) is 7.48. The van der Waals surface area contributed by atoms with Crippen LogP contribution in [0.15, 0.2) is 53.4 Å². The average Bonchev–Trinajstić information content (AvgIpc) is 2.65. The number of hydrogen-bond acceptors (Lipinski definition) is 6. The Morgan fingerprint density at radius 2 is 1.71 bits per heavy atom. The zero-order valence-electron chi connectivity index (χ0n) is 14.2. The first-order chi connectivity index (χ1) is 13.0. The van der Waals surface area contributed by atoms with Gasteiger partial charge in [-0.05, 0) is 30.3 Å². The number of nitro groups is 1. The van der Waals surface area contributed by atoms with E-state index in [1.807, 2.05) is 0 Å². The molecule has 0 aromatic heterocycles. The molecule has 2 rings (SSSR count). The fraction of sp³-hybridized carbons (Fsp3) is 0.188. The number of para-hydroxylation sites is 1. The monoisotopic (exact) mass is 418 g/mol. The van der Waals surface area contributed by atoms with Crippen LogP contribution in [0.4, 0.5) is 24.5 Å². The Morgan fingerprint density at radius 3 is 2.21 bits per heavy atom. The van der Waals surface area contributed by atoms with Gasteiger partial charge >= 0.3 is 12.1 Å². The highest BCUT2D eigenvalue weighted by Crippen LogP contribution is 2.33. The van der Waals surface area contributed by atoms with Crippen molar-refractivity contribution in [1.29, 1.82) is 0 Å². The van der Waals surface area contributed by atoms with Crippen LogP contribution in [0.3, 0.4) is 0 Å². The van der Waals surface area contributed by atoms with Gasteiger partial charge in [0.15, 0.2) is 4.90 Å². The molecule has 0 spiro atoms. The molecule has 0 radical (unpaired) electrons. The van der Waals surface area contributed by atoms with Crippen molar-refractivity contribution in [3.05, 3.63) is 64.2 Å². The van der Waals surface area contributed by atoms with Crippen molar-refractivity contribution in [2.24, 2.45) is 0 Å². The van der Waals surface area contributed by atoms with Crippen LogP contribution in [0.2, 0.25) is 0 Å². The summed E-state index contributed by atoms with van der Waals surface area (Å²) in [6.45, 7) is -0.893. The Balaban J connectivity index is 2.61. The van der Waals surface area contributed by atoms with Crippen molar-refractivity contribution in [3.63, 3.8) is 0 Å². The van der Waals surface area contributed by atoms with Gasteiger partial charge in [-0.15, -0.1) is 0 Å². The lowest BCUT2D eigenvalue weighted by molar-refractivity contribution is -0.387. The first-order valence-corrected chi connectivity index (χ1v) is 8.92. The molecule has 2 aromatic rings. The molecule has 8 nitrogen and oxygen atoms in total. The van der Waals surface area contributed by atoms with E-state index in [-0.39, 0.29) is 5.69 Å². The number of sulfonamides is 1. The molecule has 0 saturated heterocycles. The summed E-state index contributed by atoms with van der Waals surface area (Å²) < 4.78 is 69.1. The maximum atomic E-state index is 13.0. The van der Waals surface area contributed by atoms with Gasteiger partial charge in [-0.2, -0.15) is 13.2 Å². The molecule has 0 fully saturated rings. The number of halogens is 3. The number of alkyl halides is 3. The van der Waals surface area contributed by atoms with Crippen molar-refractivity contribution in [1.82, 2.24) is 0 Å². The lowest BCUT2D eigenvalue weighted by Crippen LogP contribution is -2.36. The van der Waals surface area contributed by atoms with Crippen LogP contribution in [-0.2, 0) is 25.7 Å². The minimum Gasteiger partial charge on any atom is -0.468 e. The summed E-state index contributed by atoms with van der Waals surface area (Å²) in [5.74, 6) is -1.01. The van der Waals surface area contributed by atoms with E-state index in [9.17, 15) is 36.5 Å². The molecule has 0 unspecified atom stereocenters. The summed E-state index contributed by atoms with van der Waals surface area (Å²) in [7, 11) is -3.68. The van der Waals surface area contributed by atoms with Gasteiger partial charge in [-0.3, -0.25) is 19.2 Å². The zero-order valence-corrected chi connectivity index (χ0v) is 15.0. The van der Waals surface area contributed by atoms with Gasteiger partial charge in [0.2, 0.25) is 0 Å². The predicted octanol–water partition coefficient (Wildman–Crippen LogP) is 2.98. The predicted molar refractivity (Wildman–Crippen MR) is 91.1 cm³/mol. The van der Waals surface area contributed by atoms with E-state index in [1.54, 1.807) is 0 Å². The fourth-order valence-electron chi connectivity index (χ4n) is 2.26. The minimum absolute atomic E-state index is 0.295. The van der Waals surface area contributed by atoms with E-state index < -0.39 is 49.8 Å². The molecule has 0 aliphatic rings. The van der Waals surface area contributed by atoms with Crippen molar-refractivity contribution in [3.8, 4) is 0 Å². The molecular formula is C16H13F3N2O6S. The third kappa shape index (κ3) is 4.39. The molecule has 150 valence electrons. The van der Waals surface area contributed by atoms with Crippen LogP contribution in [0.5, 0.6) is 0 Å². The van der Waals surface area contributed by atoms with Crippen molar-refractivity contribution >= 4 is 27.4 Å². The number of ether oxygens (including phenoxy) is 1. The molecule has 0 bridgehead atoms. The van der Waals surface area contributed by atoms with Gasteiger partial charge in [0.25, 0.3) is 15.7 Å². The van der Waals surface area contributed by atoms with E-state index in [1.165, 1.54) is 12.1 Å². The summed E-state index contributed by atoms with van der Waals surface area (Å²) in [5, 5.41) is 11.2. The number of anilines is 1. The second-order valence-corrected chi connectivity index (χ2v) is 7.19. The van der Waals surface area contributed by atoms with Crippen LogP contribution < -0.4 is 4.31 Å². The van der Waals surface area contributed by atoms with E-state index >= 15 is 0 Å². The first kappa shape index (κ1) is 21.2. The SMILES string of the molecule is COC(=O)CN(c1ccc(C(F)(F)F)cc1)S(=O)(=O)c1ccccc1[N+](=O)[O-]. The number of esters is 1. The van der Waals surface area contributed by atoms with Gasteiger partial charge in [0.05, 0.1) is 23.3 Å². The Kier molecular flexibility index (Phi) is 5.92. The van der Waals surface area contributed by atoms with Crippen molar-refractivity contribution < 1.29 is 36.0 Å². The molecule has 0 atom stereocenters. The summed E-state index contributed by atoms with van der Waals surface area (Å²) in [6, 6.07) is 7.36. The smallest absolute Gasteiger partial charge is 0.416 e. The highest BCUT2D eigenvalue weighted by molar-refractivity contribution is 7.93. The lowest BCUT2D eigenvalue weighted by atomic mass is 10.2. The van der Waals surface area contributed by atoms with Crippen LogP contribution in [-0.4, -0.2) is 33.0 Å². The summed E-state index contributed by atoms with van der Waals surface area (Å²) in [6.07, 6.45) is -4.65. The Bertz CT molecular complexity index is 990. The number of rotatable bonds is 6. The normalized spacial score (nSPS) is 11.7. The number of methoxy groups -OCH3 is 1. The molecule has 0 aliphatic carbocycles. The van der Waals surface area contributed by atoms with Crippen molar-refractivity contribution in [2.75, 3.05) is 18.0 Å². The third-order valence-corrected chi connectivity index (χ3v) is 5.43. The van der Waals surface area contributed by atoms with E-state index in [4.69, 9.17) is 0 Å². The van der Waals surface area contributed by atoms with Crippen molar-refractivity contribution in [2.45, 2.75) is 11.1 Å². The number of carbonyl (C=O) groups excluding carboxylic acids is 1. The second kappa shape index (κ2) is 7.84. The lowest BCUT2D eigenvalue weighted by Gasteiger charge is -2.23. The number of carbonyl (C=O) groups is 1. The fourth-order valence-corrected chi connectivity index (χ4v) is 3.83. The maximum Gasteiger partial charge on any atom is 0.416 e. The topological polar surface area (TPSA) is 107 Å². The van der Waals surface area contributed by atoms with Gasteiger partial charge in [-0.1, -0.05) is 12.1 Å². The molecule has 28 heavy (non-hydrogen) atoms. The summed E-state index contributed by atoms with van der Waals surface area (Å²) in [5.41, 5.74) is -2.07. The van der Waals surface area contributed by atoms with Gasteiger partial charge in [0.1, 0.15) is 6.54 Å². The summed E-state index contributed by atoms with van der Waals surface area (Å²) in [4.78, 5) is 21.2. The van der Waals surface area contributed by atoms with Gasteiger partial charge in [0, 0.05) is 6.07 Å². The molecule has 0 aliphatic heterocycles. The molecule has 0 N–H and O–H groups in total. The highest BCUT2D eigenvalue weighted by atomic mass is 32.2. The molecule has 12 heteroatoms. The van der Waals surface area contributed by atoms with Crippen LogP contribution in [0, 0.1) is 10.1 Å². The Labute approximate surface area is 157 Å². The third-order valence-electron chi connectivity index (χ3n) is 3.61. The number of nitro benzene ring substituents is 1. The zero-order chi connectivity index (χ0) is 21.1. The van der Waals surface area contributed by atoms with Crippen LogP contribution in [0.1, 0.15) is 5.56 Å². The average molecular weight is 418 g/mol. The largest absolute Gasteiger partial charge is 0.468 e. The summed E-state index contributed by atoms with van der Waals surface area (Å²) >= 11 is 0. The van der Waals surface area contributed by atoms with E-state index in [2.05, 4.69) is 4.74 Å². The molecule has 0 amide bonds. The molecule has 0 heterocycles. The quantitative estimate of drug-likeness (QED) is 0.406. The number of benzene rings is 2. The molecular weight excluding hydrogens is 405 g/mol. The number of nitrogens with zero attached hydrogens (tertiary/aromatic N) is 2. The Hall–Kier alpha value is -3.15. The van der Waals surface area contributed by atoms with Crippen LogP contribution in [0.25, 0.3) is 0 Å². The van der Waals surface area contributed by atoms with E-state index in [0.717, 1.165) is 31.4 Å². The van der Waals surface area contributed by atoms with Gasteiger partial charge in [-0.25, -0.2) is 8.42 Å². The van der Waals surface area contributed by atoms with Gasteiger partial charge < -0.3 is 4.74 Å². The highest BCUT2D eigenvalue weighted by Gasteiger charge is 2.34. The Morgan fingerprint density at radius 1 is 1.14 bits per heavy atom. The molecule has 2 aromatic carbocycles. The standard InChI is InChI=1S/C16H13F3N2O6S/c1-27-15(22)10-20(12-8-6-11(7-9-12)16(17,18)19)28(25,26)14-5-3-2-4-13(14)21(23)24/h2-9H,10H2,1H3. The second-order valence-electron chi connectivity index (χ2n) is 5.36. The molecule has 0 saturated carbocycles. The van der Waals surface area contributed by atoms with E-state index in [0.29, 0.717) is 16.4 Å². The number of hydrogen-bond donors (Lipinski definition) is 0. The van der Waals surface area contributed by atoms with Crippen LogP contribution >= 0.6 is 0 Å². The maximum absolute atomic E-state index is 13.0. The minimum atomic E-state index is -4.67.